The van der Waals surface area contributed by atoms with Crippen molar-refractivity contribution in [1.29, 1.82) is 0 Å². The molecule has 0 aliphatic heterocycles. The zero-order valence-corrected chi connectivity index (χ0v) is 26.6. The number of allylic oxidation sites excluding steroid dienone is 3. The van der Waals surface area contributed by atoms with Crippen molar-refractivity contribution in [3.8, 4) is 0 Å². The van der Waals surface area contributed by atoms with Crippen molar-refractivity contribution in [2.45, 2.75) is 39.5 Å². The molecule has 2 heteroatoms. The molecule has 0 fully saturated rings. The Morgan fingerprint density at radius 3 is 1.55 bits per heavy atom. The lowest BCUT2D eigenvalue weighted by Gasteiger charge is -2.25. The number of aryl methyl sites for hydroxylation is 2. The molecule has 0 heterocycles. The maximum Gasteiger partial charge on any atom is -0.0116 e. The quantitative estimate of drug-likeness (QED) is 0.102. The van der Waals surface area contributed by atoms with Crippen molar-refractivity contribution in [2.75, 3.05) is 0 Å². The van der Waals surface area contributed by atoms with Gasteiger partial charge in [-0.05, 0) is 90.6 Å². The summed E-state index contributed by atoms with van der Waals surface area (Å²) in [6.45, 7) is 9.12. The molecule has 0 nitrogen and oxygen atoms in total. The normalized spacial score (nSPS) is 11.7. The van der Waals surface area contributed by atoms with E-state index in [4.69, 9.17) is 0 Å². The highest BCUT2D eigenvalue weighted by molar-refractivity contribution is 7.80. The van der Waals surface area contributed by atoms with Gasteiger partial charge in [-0.1, -0.05) is 166 Å². The summed E-state index contributed by atoms with van der Waals surface area (Å²) < 4.78 is 0. The Hall–Kier alpha value is -3.56. The van der Waals surface area contributed by atoms with Crippen LogP contribution in [0, 0.1) is 0 Å². The summed E-state index contributed by atoms with van der Waals surface area (Å²) in [5.41, 5.74) is 4.11. The number of hydrogen-bond donors (Lipinski definition) is 0. The smallest absolute Gasteiger partial charge is 0.0116 e. The monoisotopic (exact) mass is 582 g/mol. The molecule has 0 amide bonds. The molecule has 5 rings (SSSR count). The maximum atomic E-state index is 4.66. The summed E-state index contributed by atoms with van der Waals surface area (Å²) in [4.78, 5) is 0. The van der Waals surface area contributed by atoms with Gasteiger partial charge in [0.1, 0.15) is 0 Å². The third-order valence-corrected chi connectivity index (χ3v) is 12.8. The van der Waals surface area contributed by atoms with Gasteiger partial charge in [0.25, 0.3) is 0 Å². The molecule has 0 unspecified atom stereocenters. The summed E-state index contributed by atoms with van der Waals surface area (Å²) in [5.74, 6) is 0. The van der Waals surface area contributed by atoms with Crippen LogP contribution in [0.25, 0.3) is 0 Å². The standard InChI is InChI=1S/C40H40P2/c1-4-18-34-30-29-33(31-40(34)42(37-23-14-8-15-24-37)38-25-16-9-17-26-38)28-27-32(3)39(5-2)41(35-19-10-6-11-20-35)36-21-12-7-13-22-36/h5-17,19-26,29-31H,3-4,18,27-28H2,1-2H3/b39-5+. The fraction of sp³-hybridized carbons (Fsp3) is 0.150. The van der Waals surface area contributed by atoms with Crippen molar-refractivity contribution in [2.24, 2.45) is 0 Å². The molecule has 0 aromatic heterocycles. The van der Waals surface area contributed by atoms with Crippen LogP contribution in [-0.2, 0) is 12.8 Å². The Balaban J connectivity index is 1.45. The molecule has 0 saturated heterocycles. The fourth-order valence-electron chi connectivity index (χ4n) is 5.53. The van der Waals surface area contributed by atoms with E-state index in [0.717, 1.165) is 25.7 Å². The molecule has 0 aliphatic carbocycles. The SMILES string of the molecule is C=C(CCc1ccc(CCC)c(P(c2ccccc2)c2ccccc2)c1)/C(=C\C)P(c1ccccc1)c1ccccc1. The van der Waals surface area contributed by atoms with Crippen LogP contribution < -0.4 is 26.5 Å². The Labute approximate surface area is 255 Å². The van der Waals surface area contributed by atoms with Crippen molar-refractivity contribution < 1.29 is 0 Å². The van der Waals surface area contributed by atoms with Crippen LogP contribution in [0.2, 0.25) is 0 Å². The fourth-order valence-corrected chi connectivity index (χ4v) is 10.6. The molecule has 0 atom stereocenters. The molecule has 0 N–H and O–H groups in total. The minimum Gasteiger partial charge on any atom is -0.0952 e. The van der Waals surface area contributed by atoms with Crippen LogP contribution in [0.4, 0.5) is 0 Å². The summed E-state index contributed by atoms with van der Waals surface area (Å²) >= 11 is 0. The summed E-state index contributed by atoms with van der Waals surface area (Å²) in [5, 5.41) is 8.43. The predicted octanol–water partition coefficient (Wildman–Crippen LogP) is 8.92. The average Bonchev–Trinajstić information content (AvgIpc) is 3.05. The molecule has 210 valence electrons. The van der Waals surface area contributed by atoms with Crippen LogP contribution in [0.1, 0.15) is 37.8 Å². The lowest BCUT2D eigenvalue weighted by Crippen LogP contribution is -2.24. The van der Waals surface area contributed by atoms with E-state index >= 15 is 0 Å². The third-order valence-electron chi connectivity index (χ3n) is 7.56. The maximum absolute atomic E-state index is 4.66. The second kappa shape index (κ2) is 15.1. The Bertz CT molecular complexity index is 1510. The topological polar surface area (TPSA) is 0 Å². The van der Waals surface area contributed by atoms with Crippen molar-refractivity contribution >= 4 is 42.4 Å². The van der Waals surface area contributed by atoms with Gasteiger partial charge in [-0.3, -0.25) is 0 Å². The summed E-state index contributed by atoms with van der Waals surface area (Å²) in [6, 6.07) is 51.3. The van der Waals surface area contributed by atoms with Gasteiger partial charge in [0, 0.05) is 0 Å². The number of benzene rings is 5. The lowest BCUT2D eigenvalue weighted by molar-refractivity contribution is 0.921. The summed E-state index contributed by atoms with van der Waals surface area (Å²) in [6.07, 6.45) is 6.47. The van der Waals surface area contributed by atoms with Gasteiger partial charge in [-0.25, -0.2) is 0 Å². The van der Waals surface area contributed by atoms with Gasteiger partial charge in [-0.15, -0.1) is 0 Å². The van der Waals surface area contributed by atoms with E-state index in [2.05, 4.69) is 166 Å². The zero-order chi connectivity index (χ0) is 29.1. The molecule has 42 heavy (non-hydrogen) atoms. The second-order valence-corrected chi connectivity index (χ2v) is 14.9. The van der Waals surface area contributed by atoms with Crippen LogP contribution in [0.3, 0.4) is 0 Å². The Morgan fingerprint density at radius 2 is 1.10 bits per heavy atom. The second-order valence-electron chi connectivity index (χ2n) is 10.5. The molecule has 0 saturated carbocycles. The van der Waals surface area contributed by atoms with Crippen LogP contribution in [0.5, 0.6) is 0 Å². The van der Waals surface area contributed by atoms with E-state index in [0.29, 0.717) is 0 Å². The minimum atomic E-state index is -0.657. The molecule has 0 spiro atoms. The van der Waals surface area contributed by atoms with Crippen molar-refractivity contribution in [1.82, 2.24) is 0 Å². The first-order chi connectivity index (χ1) is 20.7. The first-order valence-corrected chi connectivity index (χ1v) is 17.6. The Kier molecular flexibility index (Phi) is 10.7. The molecule has 0 bridgehead atoms. The number of hydrogen-bond acceptors (Lipinski definition) is 0. The lowest BCUT2D eigenvalue weighted by atomic mass is 10.0. The van der Waals surface area contributed by atoms with Crippen LogP contribution >= 0.6 is 15.8 Å². The van der Waals surface area contributed by atoms with E-state index in [1.54, 1.807) is 0 Å². The van der Waals surface area contributed by atoms with Gasteiger partial charge in [0.15, 0.2) is 0 Å². The molecule has 5 aromatic rings. The average molecular weight is 583 g/mol. The van der Waals surface area contributed by atoms with Crippen molar-refractivity contribution in [3.63, 3.8) is 0 Å². The van der Waals surface area contributed by atoms with E-state index in [9.17, 15) is 0 Å². The third kappa shape index (κ3) is 7.25. The highest BCUT2D eigenvalue weighted by Crippen LogP contribution is 2.47. The zero-order valence-electron chi connectivity index (χ0n) is 24.8. The first-order valence-electron chi connectivity index (χ1n) is 15.0. The molecular formula is C40H40P2. The van der Waals surface area contributed by atoms with E-state index in [-0.39, 0.29) is 0 Å². The van der Waals surface area contributed by atoms with Crippen molar-refractivity contribution in [3.05, 3.63) is 174 Å². The van der Waals surface area contributed by atoms with Gasteiger partial charge in [0.2, 0.25) is 0 Å². The largest absolute Gasteiger partial charge is 0.0952 e. The van der Waals surface area contributed by atoms with E-state index < -0.39 is 15.8 Å². The molecule has 0 aliphatic rings. The summed E-state index contributed by atoms with van der Waals surface area (Å²) in [7, 11) is -1.29. The Morgan fingerprint density at radius 1 is 0.619 bits per heavy atom. The van der Waals surface area contributed by atoms with E-state index in [1.807, 2.05) is 0 Å². The highest BCUT2D eigenvalue weighted by Gasteiger charge is 2.22. The minimum absolute atomic E-state index is 0.638. The van der Waals surface area contributed by atoms with E-state index in [1.165, 1.54) is 48.5 Å². The molecular weight excluding hydrogens is 542 g/mol. The first kappa shape index (κ1) is 29.9. The molecule has 0 radical (unpaired) electrons. The van der Waals surface area contributed by atoms with Crippen LogP contribution in [-0.4, -0.2) is 0 Å². The van der Waals surface area contributed by atoms with Gasteiger partial charge in [0.05, 0.1) is 0 Å². The van der Waals surface area contributed by atoms with Gasteiger partial charge < -0.3 is 0 Å². The highest BCUT2D eigenvalue weighted by atomic mass is 31.1. The van der Waals surface area contributed by atoms with Crippen LogP contribution in [0.15, 0.2) is 163 Å². The van der Waals surface area contributed by atoms with Gasteiger partial charge in [-0.2, -0.15) is 0 Å². The predicted molar refractivity (Wildman–Crippen MR) is 189 cm³/mol. The molecule has 5 aromatic carbocycles. The van der Waals surface area contributed by atoms with Gasteiger partial charge >= 0.3 is 0 Å². The number of rotatable bonds is 12.